The van der Waals surface area contributed by atoms with Crippen molar-refractivity contribution < 1.29 is 14.6 Å². The minimum Gasteiger partial charge on any atom is -0.497 e. The molecular weight excluding hydrogens is 218 g/mol. The van der Waals surface area contributed by atoms with Crippen LogP contribution in [0.2, 0.25) is 0 Å². The average molecular weight is 237 g/mol. The summed E-state index contributed by atoms with van der Waals surface area (Å²) in [5, 5.41) is 9.41. The molecule has 0 radical (unpaired) electrons. The molecule has 1 unspecified atom stereocenters. The number of carbonyl (C=O) groups is 1. The summed E-state index contributed by atoms with van der Waals surface area (Å²) in [7, 11) is 1.55. The zero-order valence-corrected chi connectivity index (χ0v) is 10.5. The summed E-state index contributed by atoms with van der Waals surface area (Å²) in [5.41, 5.74) is 6.02. The maximum absolute atomic E-state index is 11.5. The van der Waals surface area contributed by atoms with Crippen molar-refractivity contribution in [2.75, 3.05) is 12.8 Å². The molecule has 17 heavy (non-hydrogen) atoms. The molecule has 0 saturated carbocycles. The van der Waals surface area contributed by atoms with Crippen molar-refractivity contribution in [3.8, 4) is 5.75 Å². The van der Waals surface area contributed by atoms with E-state index in [4.69, 9.17) is 10.5 Å². The van der Waals surface area contributed by atoms with Gasteiger partial charge in [-0.2, -0.15) is 0 Å². The molecule has 4 nitrogen and oxygen atoms in total. The van der Waals surface area contributed by atoms with Gasteiger partial charge in [0.25, 0.3) is 0 Å². The van der Waals surface area contributed by atoms with Crippen LogP contribution in [0.1, 0.15) is 32.3 Å². The number of nitrogens with two attached hydrogens (primary N) is 1. The second kappa shape index (κ2) is 5.08. The van der Waals surface area contributed by atoms with E-state index in [9.17, 15) is 9.90 Å². The number of benzene rings is 1. The summed E-state index contributed by atoms with van der Waals surface area (Å²) in [6.07, 6.45) is 1.32. The Bertz CT molecular complexity index is 417. The molecule has 1 rings (SSSR count). The number of hydrogen-bond donors (Lipinski definition) is 2. The van der Waals surface area contributed by atoms with Gasteiger partial charge in [-0.05, 0) is 37.1 Å². The average Bonchev–Trinajstić information content (AvgIpc) is 2.29. The Balaban J connectivity index is 3.31. The van der Waals surface area contributed by atoms with Gasteiger partial charge in [0, 0.05) is 5.69 Å². The molecule has 0 aliphatic heterocycles. The van der Waals surface area contributed by atoms with Crippen molar-refractivity contribution in [3.63, 3.8) is 0 Å². The van der Waals surface area contributed by atoms with E-state index in [1.807, 2.05) is 6.92 Å². The Hall–Kier alpha value is -1.71. The summed E-state index contributed by atoms with van der Waals surface area (Å²) >= 11 is 0. The van der Waals surface area contributed by atoms with Crippen molar-refractivity contribution >= 4 is 11.7 Å². The van der Waals surface area contributed by atoms with Gasteiger partial charge in [0.05, 0.1) is 12.5 Å². The number of rotatable bonds is 5. The molecule has 1 atom stereocenters. The lowest BCUT2D eigenvalue weighted by molar-refractivity contribution is -0.143. The molecule has 0 spiro atoms. The first kappa shape index (κ1) is 13.4. The molecule has 0 aliphatic carbocycles. The van der Waals surface area contributed by atoms with Gasteiger partial charge in [-0.25, -0.2) is 0 Å². The summed E-state index contributed by atoms with van der Waals surface area (Å²) in [5.74, 6) is -0.239. The fourth-order valence-electron chi connectivity index (χ4n) is 2.00. The number of methoxy groups -OCH3 is 1. The standard InChI is InChI=1S/C13H19NO3/c1-4-7-13(2,12(15)16)10-8-9(17-3)5-6-11(10)14/h5-6,8H,4,7,14H2,1-3H3,(H,15,16). The van der Waals surface area contributed by atoms with Crippen LogP contribution in [0.25, 0.3) is 0 Å². The third-order valence-electron chi connectivity index (χ3n) is 3.08. The largest absolute Gasteiger partial charge is 0.497 e. The molecule has 3 N–H and O–H groups in total. The quantitative estimate of drug-likeness (QED) is 0.771. The van der Waals surface area contributed by atoms with E-state index in [1.54, 1.807) is 32.2 Å². The number of aliphatic carboxylic acids is 1. The first-order valence-electron chi connectivity index (χ1n) is 5.63. The van der Waals surface area contributed by atoms with Crippen LogP contribution < -0.4 is 10.5 Å². The van der Waals surface area contributed by atoms with Gasteiger partial charge in [0.15, 0.2) is 0 Å². The van der Waals surface area contributed by atoms with E-state index >= 15 is 0 Å². The fraction of sp³-hybridized carbons (Fsp3) is 0.462. The van der Waals surface area contributed by atoms with Crippen LogP contribution in [0.5, 0.6) is 5.75 Å². The van der Waals surface area contributed by atoms with Crippen LogP contribution in [0.3, 0.4) is 0 Å². The highest BCUT2D eigenvalue weighted by atomic mass is 16.5. The highest BCUT2D eigenvalue weighted by Crippen LogP contribution is 2.35. The zero-order valence-electron chi connectivity index (χ0n) is 10.5. The predicted molar refractivity (Wildman–Crippen MR) is 67.3 cm³/mol. The summed E-state index contributed by atoms with van der Waals surface area (Å²) in [6.45, 7) is 3.65. The van der Waals surface area contributed by atoms with Crippen LogP contribution in [-0.2, 0) is 10.2 Å². The van der Waals surface area contributed by atoms with Crippen LogP contribution in [-0.4, -0.2) is 18.2 Å². The van der Waals surface area contributed by atoms with Gasteiger partial charge in [-0.3, -0.25) is 4.79 Å². The minimum absolute atomic E-state index is 0.490. The van der Waals surface area contributed by atoms with Crippen LogP contribution >= 0.6 is 0 Å². The maximum atomic E-state index is 11.5. The number of carboxylic acid groups (broad SMARTS) is 1. The Morgan fingerprint density at radius 1 is 1.53 bits per heavy atom. The molecule has 1 aromatic carbocycles. The molecule has 0 saturated heterocycles. The molecule has 0 aliphatic rings. The molecule has 0 bridgehead atoms. The second-order valence-corrected chi connectivity index (χ2v) is 4.34. The molecule has 4 heteroatoms. The highest BCUT2D eigenvalue weighted by molar-refractivity contribution is 5.83. The Labute approximate surface area is 101 Å². The van der Waals surface area contributed by atoms with Gasteiger partial charge in [-0.15, -0.1) is 0 Å². The van der Waals surface area contributed by atoms with Gasteiger partial charge in [0.1, 0.15) is 5.75 Å². The monoisotopic (exact) mass is 237 g/mol. The third-order valence-corrected chi connectivity index (χ3v) is 3.08. The van der Waals surface area contributed by atoms with Crippen molar-refractivity contribution in [2.45, 2.75) is 32.1 Å². The number of carboxylic acids is 1. The van der Waals surface area contributed by atoms with Gasteiger partial charge in [0.2, 0.25) is 0 Å². The van der Waals surface area contributed by atoms with Crippen LogP contribution in [0.15, 0.2) is 18.2 Å². The van der Waals surface area contributed by atoms with E-state index in [1.165, 1.54) is 0 Å². The van der Waals surface area contributed by atoms with Gasteiger partial charge >= 0.3 is 5.97 Å². The van der Waals surface area contributed by atoms with Crippen LogP contribution in [0, 0.1) is 0 Å². The normalized spacial score (nSPS) is 14.1. The van der Waals surface area contributed by atoms with Crippen molar-refractivity contribution in [3.05, 3.63) is 23.8 Å². The maximum Gasteiger partial charge on any atom is 0.313 e. The second-order valence-electron chi connectivity index (χ2n) is 4.34. The van der Waals surface area contributed by atoms with Crippen molar-refractivity contribution in [1.82, 2.24) is 0 Å². The number of hydrogen-bond acceptors (Lipinski definition) is 3. The van der Waals surface area contributed by atoms with Gasteiger partial charge < -0.3 is 15.6 Å². The van der Waals surface area contributed by atoms with Crippen LogP contribution in [0.4, 0.5) is 5.69 Å². The molecule has 0 aromatic heterocycles. The lowest BCUT2D eigenvalue weighted by Crippen LogP contribution is -2.33. The van der Waals surface area contributed by atoms with E-state index in [0.717, 1.165) is 6.42 Å². The fourth-order valence-corrected chi connectivity index (χ4v) is 2.00. The lowest BCUT2D eigenvalue weighted by atomic mass is 9.78. The molecule has 0 fully saturated rings. The molecule has 0 amide bonds. The number of ether oxygens (including phenoxy) is 1. The summed E-state index contributed by atoms with van der Waals surface area (Å²) in [6, 6.07) is 5.12. The Morgan fingerprint density at radius 2 is 2.18 bits per heavy atom. The van der Waals surface area contributed by atoms with Crippen molar-refractivity contribution in [1.29, 1.82) is 0 Å². The highest BCUT2D eigenvalue weighted by Gasteiger charge is 2.36. The molecular formula is C13H19NO3. The van der Waals surface area contributed by atoms with E-state index in [2.05, 4.69) is 0 Å². The lowest BCUT2D eigenvalue weighted by Gasteiger charge is -2.26. The summed E-state index contributed by atoms with van der Waals surface area (Å²) in [4.78, 5) is 11.5. The first-order valence-corrected chi connectivity index (χ1v) is 5.63. The molecule has 94 valence electrons. The predicted octanol–water partition coefficient (Wildman–Crippen LogP) is 2.42. The molecule has 1 aromatic rings. The molecule has 0 heterocycles. The number of anilines is 1. The van der Waals surface area contributed by atoms with E-state index < -0.39 is 11.4 Å². The zero-order chi connectivity index (χ0) is 13.1. The Kier molecular flexibility index (Phi) is 3.99. The Morgan fingerprint density at radius 3 is 2.65 bits per heavy atom. The minimum atomic E-state index is -0.965. The summed E-state index contributed by atoms with van der Waals surface area (Å²) < 4.78 is 5.11. The smallest absolute Gasteiger partial charge is 0.313 e. The van der Waals surface area contributed by atoms with Crippen molar-refractivity contribution in [2.24, 2.45) is 0 Å². The van der Waals surface area contributed by atoms with E-state index in [0.29, 0.717) is 23.4 Å². The first-order chi connectivity index (χ1) is 7.95. The van der Waals surface area contributed by atoms with Gasteiger partial charge in [-0.1, -0.05) is 13.3 Å². The third kappa shape index (κ3) is 2.52. The SMILES string of the molecule is CCCC(C)(C(=O)O)c1cc(OC)ccc1N. The topological polar surface area (TPSA) is 72.5 Å². The number of nitrogen functional groups attached to an aromatic ring is 1. The van der Waals surface area contributed by atoms with E-state index in [-0.39, 0.29) is 0 Å².